The van der Waals surface area contributed by atoms with Crippen molar-refractivity contribution in [3.05, 3.63) is 17.5 Å². The molecule has 8 heteroatoms. The molecule has 0 saturated carbocycles. The van der Waals surface area contributed by atoms with E-state index in [1.54, 1.807) is 29.7 Å². The van der Waals surface area contributed by atoms with Crippen molar-refractivity contribution in [2.45, 2.75) is 45.6 Å². The Bertz CT molecular complexity index is 597. The van der Waals surface area contributed by atoms with Crippen LogP contribution in [0, 0.1) is 0 Å². The minimum Gasteiger partial charge on any atom is -0.386 e. The number of rotatable bonds is 6. The molecular formula is C16H26N4O4. The predicted octanol–water partition coefficient (Wildman–Crippen LogP) is 0.162. The van der Waals surface area contributed by atoms with Gasteiger partial charge in [0.05, 0.1) is 37.0 Å². The lowest BCUT2D eigenvalue weighted by molar-refractivity contribution is -0.139. The zero-order valence-corrected chi connectivity index (χ0v) is 14.7. The molecule has 1 aliphatic heterocycles. The second-order valence-electron chi connectivity index (χ2n) is 6.47. The average molecular weight is 338 g/mol. The Kier molecular flexibility index (Phi) is 5.95. The van der Waals surface area contributed by atoms with Crippen LogP contribution >= 0.6 is 0 Å². The first-order valence-corrected chi connectivity index (χ1v) is 8.12. The molecule has 2 rings (SSSR count). The molecule has 0 radical (unpaired) electrons. The molecule has 0 spiro atoms. The second kappa shape index (κ2) is 7.76. The van der Waals surface area contributed by atoms with E-state index in [4.69, 9.17) is 4.74 Å². The van der Waals surface area contributed by atoms with E-state index in [2.05, 4.69) is 5.10 Å². The van der Waals surface area contributed by atoms with Gasteiger partial charge in [-0.15, -0.1) is 0 Å². The Balaban J connectivity index is 1.99. The third-order valence-electron chi connectivity index (χ3n) is 3.92. The summed E-state index contributed by atoms with van der Waals surface area (Å²) in [6.07, 6.45) is -0.930. The zero-order chi connectivity index (χ0) is 17.9. The fraction of sp³-hybridized carbons (Fsp3) is 0.688. The van der Waals surface area contributed by atoms with Gasteiger partial charge in [0.2, 0.25) is 11.8 Å². The summed E-state index contributed by atoms with van der Waals surface area (Å²) >= 11 is 0. The second-order valence-corrected chi connectivity index (χ2v) is 6.47. The maximum absolute atomic E-state index is 12.1. The lowest BCUT2D eigenvalue weighted by Gasteiger charge is -2.27. The smallest absolute Gasteiger partial charge is 0.248 e. The first-order chi connectivity index (χ1) is 11.3. The van der Waals surface area contributed by atoms with Crippen molar-refractivity contribution in [1.82, 2.24) is 19.6 Å². The number of aliphatic hydroxyl groups excluding tert-OH is 1. The van der Waals surface area contributed by atoms with E-state index in [0.29, 0.717) is 25.3 Å². The van der Waals surface area contributed by atoms with Gasteiger partial charge >= 0.3 is 0 Å². The SMILES string of the molecule is CC(C)OCC(=O)N1CCn2nc([C@H](O)CC(=O)N(C)C)cc2C1. The Morgan fingerprint density at radius 3 is 2.71 bits per heavy atom. The number of hydrogen-bond acceptors (Lipinski definition) is 5. The van der Waals surface area contributed by atoms with Crippen LogP contribution in [0.5, 0.6) is 0 Å². The average Bonchev–Trinajstić information content (AvgIpc) is 2.95. The highest BCUT2D eigenvalue weighted by atomic mass is 16.5. The maximum Gasteiger partial charge on any atom is 0.248 e. The number of aliphatic hydroxyl groups is 1. The first kappa shape index (κ1) is 18.4. The number of amides is 2. The molecule has 2 amide bonds. The van der Waals surface area contributed by atoms with Crippen LogP contribution in [0.2, 0.25) is 0 Å². The summed E-state index contributed by atoms with van der Waals surface area (Å²) in [5.41, 5.74) is 1.32. The number of fused-ring (bicyclic) bond motifs is 1. The van der Waals surface area contributed by atoms with Crippen molar-refractivity contribution in [2.75, 3.05) is 27.2 Å². The summed E-state index contributed by atoms with van der Waals surface area (Å²) in [5, 5.41) is 14.5. The lowest BCUT2D eigenvalue weighted by Crippen LogP contribution is -2.40. The monoisotopic (exact) mass is 338 g/mol. The van der Waals surface area contributed by atoms with Crippen LogP contribution in [0.15, 0.2) is 6.07 Å². The van der Waals surface area contributed by atoms with Gasteiger partial charge in [-0.25, -0.2) is 0 Å². The minimum atomic E-state index is -0.938. The molecule has 1 aromatic rings. The molecule has 0 unspecified atom stereocenters. The van der Waals surface area contributed by atoms with Crippen LogP contribution in [0.4, 0.5) is 0 Å². The van der Waals surface area contributed by atoms with E-state index >= 15 is 0 Å². The molecule has 1 N–H and O–H groups in total. The fourth-order valence-corrected chi connectivity index (χ4v) is 2.45. The topological polar surface area (TPSA) is 87.9 Å². The van der Waals surface area contributed by atoms with Crippen molar-refractivity contribution in [1.29, 1.82) is 0 Å². The number of hydrogen-bond donors (Lipinski definition) is 1. The zero-order valence-electron chi connectivity index (χ0n) is 14.7. The minimum absolute atomic E-state index is 0.00563. The summed E-state index contributed by atoms with van der Waals surface area (Å²) in [5.74, 6) is -0.211. The molecular weight excluding hydrogens is 312 g/mol. The lowest BCUT2D eigenvalue weighted by atomic mass is 10.1. The molecule has 24 heavy (non-hydrogen) atoms. The Labute approximate surface area is 142 Å². The molecule has 0 aromatic carbocycles. The summed E-state index contributed by atoms with van der Waals surface area (Å²) in [6.45, 7) is 5.40. The normalized spacial score (nSPS) is 15.3. The largest absolute Gasteiger partial charge is 0.386 e. The quantitative estimate of drug-likeness (QED) is 0.798. The van der Waals surface area contributed by atoms with Gasteiger partial charge in [0.1, 0.15) is 12.7 Å². The Hall–Kier alpha value is -1.93. The molecule has 0 saturated heterocycles. The number of nitrogens with zero attached hydrogens (tertiary/aromatic N) is 4. The van der Waals surface area contributed by atoms with Crippen LogP contribution in [-0.2, 0) is 27.4 Å². The molecule has 1 aliphatic rings. The maximum atomic E-state index is 12.1. The van der Waals surface area contributed by atoms with Gasteiger partial charge in [0.25, 0.3) is 0 Å². The summed E-state index contributed by atoms with van der Waals surface area (Å²) in [7, 11) is 3.30. The Morgan fingerprint density at radius 1 is 1.38 bits per heavy atom. The molecule has 8 nitrogen and oxygen atoms in total. The number of ether oxygens (including phenoxy) is 1. The van der Waals surface area contributed by atoms with E-state index in [-0.39, 0.29) is 30.9 Å². The van der Waals surface area contributed by atoms with Crippen molar-refractivity contribution in [3.63, 3.8) is 0 Å². The van der Waals surface area contributed by atoms with Crippen LogP contribution in [-0.4, -0.2) is 69.9 Å². The molecule has 134 valence electrons. The van der Waals surface area contributed by atoms with Gasteiger partial charge in [-0.05, 0) is 19.9 Å². The fourth-order valence-electron chi connectivity index (χ4n) is 2.45. The van der Waals surface area contributed by atoms with E-state index in [9.17, 15) is 14.7 Å². The standard InChI is InChI=1S/C16H26N4O4/c1-11(2)24-10-16(23)19-5-6-20-12(9-19)7-13(17-20)14(21)8-15(22)18(3)4/h7,11,14,21H,5-6,8-10H2,1-4H3/t14-/m1/s1. The first-order valence-electron chi connectivity index (χ1n) is 8.12. The summed E-state index contributed by atoms with van der Waals surface area (Å²) in [6, 6.07) is 1.76. The number of carbonyl (C=O) groups excluding carboxylic acids is 2. The molecule has 0 aliphatic carbocycles. The van der Waals surface area contributed by atoms with Crippen molar-refractivity contribution >= 4 is 11.8 Å². The third-order valence-corrected chi connectivity index (χ3v) is 3.92. The van der Waals surface area contributed by atoms with Gasteiger partial charge < -0.3 is 19.6 Å². The molecule has 0 bridgehead atoms. The highest BCUT2D eigenvalue weighted by molar-refractivity contribution is 5.77. The van der Waals surface area contributed by atoms with E-state index in [1.807, 2.05) is 13.8 Å². The molecule has 1 atom stereocenters. The van der Waals surface area contributed by atoms with Gasteiger partial charge in [0.15, 0.2) is 0 Å². The van der Waals surface area contributed by atoms with Crippen LogP contribution < -0.4 is 0 Å². The van der Waals surface area contributed by atoms with E-state index in [0.717, 1.165) is 5.69 Å². The Morgan fingerprint density at radius 2 is 2.08 bits per heavy atom. The molecule has 0 fully saturated rings. The van der Waals surface area contributed by atoms with Gasteiger partial charge in [-0.1, -0.05) is 0 Å². The third kappa shape index (κ3) is 4.55. The summed E-state index contributed by atoms with van der Waals surface area (Å²) in [4.78, 5) is 27.0. The number of aromatic nitrogens is 2. The number of carbonyl (C=O) groups is 2. The van der Waals surface area contributed by atoms with E-state index < -0.39 is 6.10 Å². The molecule has 1 aromatic heterocycles. The molecule has 2 heterocycles. The van der Waals surface area contributed by atoms with Gasteiger partial charge in [-0.3, -0.25) is 14.3 Å². The van der Waals surface area contributed by atoms with Crippen LogP contribution in [0.1, 0.15) is 37.8 Å². The van der Waals surface area contributed by atoms with E-state index in [1.165, 1.54) is 4.90 Å². The van der Waals surface area contributed by atoms with Gasteiger partial charge in [-0.2, -0.15) is 5.10 Å². The van der Waals surface area contributed by atoms with Crippen molar-refractivity contribution in [3.8, 4) is 0 Å². The van der Waals surface area contributed by atoms with Gasteiger partial charge in [0, 0.05) is 20.6 Å². The van der Waals surface area contributed by atoms with Crippen molar-refractivity contribution in [2.24, 2.45) is 0 Å². The summed E-state index contributed by atoms with van der Waals surface area (Å²) < 4.78 is 7.14. The highest BCUT2D eigenvalue weighted by Gasteiger charge is 2.25. The predicted molar refractivity (Wildman–Crippen MR) is 87.0 cm³/mol. The van der Waals surface area contributed by atoms with Crippen molar-refractivity contribution < 1.29 is 19.4 Å². The van der Waals surface area contributed by atoms with Crippen LogP contribution in [0.3, 0.4) is 0 Å². The highest BCUT2D eigenvalue weighted by Crippen LogP contribution is 2.21. The van der Waals surface area contributed by atoms with Crippen LogP contribution in [0.25, 0.3) is 0 Å².